The molecule has 0 aromatic heterocycles. The molecular formula is C20H27ClOS. The van der Waals surface area contributed by atoms with Crippen LogP contribution in [0.25, 0.3) is 10.8 Å². The number of hydrogen-bond acceptors (Lipinski definition) is 1. The average Bonchev–Trinajstić information content (AvgIpc) is 2.57. The van der Waals surface area contributed by atoms with Gasteiger partial charge >= 0.3 is 0 Å². The van der Waals surface area contributed by atoms with E-state index in [0.29, 0.717) is 11.6 Å². The molecule has 23 heavy (non-hydrogen) atoms. The minimum absolute atomic E-state index is 0.542. The van der Waals surface area contributed by atoms with E-state index in [1.54, 1.807) is 0 Å². The summed E-state index contributed by atoms with van der Waals surface area (Å²) in [5, 5.41) is 2.40. The fourth-order valence-electron chi connectivity index (χ4n) is 2.82. The van der Waals surface area contributed by atoms with Crippen LogP contribution >= 0.6 is 11.6 Å². The van der Waals surface area contributed by atoms with Crippen molar-refractivity contribution in [1.82, 2.24) is 0 Å². The van der Waals surface area contributed by atoms with E-state index in [0.717, 1.165) is 17.7 Å². The highest BCUT2D eigenvalue weighted by molar-refractivity contribution is 7.84. The molecule has 0 saturated carbocycles. The quantitative estimate of drug-likeness (QED) is 0.369. The van der Waals surface area contributed by atoms with Gasteiger partial charge in [0, 0.05) is 28.2 Å². The van der Waals surface area contributed by atoms with Crippen molar-refractivity contribution in [3.05, 3.63) is 47.5 Å². The Balaban J connectivity index is 1.82. The van der Waals surface area contributed by atoms with Crippen LogP contribution in [-0.4, -0.2) is 9.96 Å². The van der Waals surface area contributed by atoms with Gasteiger partial charge in [-0.25, -0.2) is 0 Å². The molecule has 0 saturated heterocycles. The largest absolute Gasteiger partial charge is 0.259 e. The summed E-state index contributed by atoms with van der Waals surface area (Å²) in [6.45, 7) is 2.23. The maximum atomic E-state index is 12.2. The van der Waals surface area contributed by atoms with Crippen LogP contribution in [0.3, 0.4) is 0 Å². The van der Waals surface area contributed by atoms with Gasteiger partial charge in [-0.05, 0) is 34.4 Å². The Hall–Kier alpha value is -0.860. The van der Waals surface area contributed by atoms with Gasteiger partial charge in [0.25, 0.3) is 0 Å². The number of benzene rings is 2. The van der Waals surface area contributed by atoms with Gasteiger partial charge in [-0.1, -0.05) is 69.4 Å². The van der Waals surface area contributed by atoms with Crippen LogP contribution in [0.5, 0.6) is 0 Å². The van der Waals surface area contributed by atoms with Crippen LogP contribution in [0.15, 0.2) is 36.4 Å². The normalized spacial score (nSPS) is 12.6. The van der Waals surface area contributed by atoms with E-state index in [2.05, 4.69) is 43.3 Å². The zero-order chi connectivity index (χ0) is 16.5. The Labute approximate surface area is 147 Å². The summed E-state index contributed by atoms with van der Waals surface area (Å²) in [4.78, 5) is 0. The number of alkyl halides is 1. The van der Waals surface area contributed by atoms with Crippen LogP contribution in [0.4, 0.5) is 0 Å². The molecule has 3 heteroatoms. The third kappa shape index (κ3) is 6.27. The van der Waals surface area contributed by atoms with Crippen molar-refractivity contribution < 1.29 is 4.21 Å². The van der Waals surface area contributed by atoms with Gasteiger partial charge in [-0.15, -0.1) is 11.6 Å². The minimum atomic E-state index is -0.748. The zero-order valence-electron chi connectivity index (χ0n) is 14.0. The Bertz CT molecular complexity index is 639. The van der Waals surface area contributed by atoms with Crippen LogP contribution in [0.1, 0.15) is 56.6 Å². The SMILES string of the molecule is CCCCCCCCS(=O)Cc1ccc2cc(CCl)ccc2c1. The molecule has 1 atom stereocenters. The summed E-state index contributed by atoms with van der Waals surface area (Å²) in [7, 11) is -0.748. The van der Waals surface area contributed by atoms with E-state index >= 15 is 0 Å². The Kier molecular flexibility index (Phi) is 8.11. The molecule has 0 fully saturated rings. The van der Waals surface area contributed by atoms with E-state index in [4.69, 9.17) is 11.6 Å². The standard InChI is InChI=1S/C20H27ClOS/c1-2-3-4-5-6-7-12-23(22)16-18-9-11-19-13-17(15-21)8-10-20(19)14-18/h8-11,13-14H,2-7,12,15-16H2,1H3. The van der Waals surface area contributed by atoms with E-state index < -0.39 is 10.8 Å². The molecule has 0 amide bonds. The molecule has 0 aliphatic carbocycles. The highest BCUT2D eigenvalue weighted by Gasteiger charge is 2.04. The highest BCUT2D eigenvalue weighted by atomic mass is 35.5. The van der Waals surface area contributed by atoms with Gasteiger partial charge in [-0.2, -0.15) is 0 Å². The number of rotatable bonds is 10. The van der Waals surface area contributed by atoms with Crippen molar-refractivity contribution in [3.8, 4) is 0 Å². The Morgan fingerprint density at radius 2 is 1.48 bits per heavy atom. The number of hydrogen-bond donors (Lipinski definition) is 0. The fourth-order valence-corrected chi connectivity index (χ4v) is 4.21. The topological polar surface area (TPSA) is 17.1 Å². The summed E-state index contributed by atoms with van der Waals surface area (Å²) in [6, 6.07) is 12.7. The second-order valence-corrected chi connectivity index (χ2v) is 8.05. The van der Waals surface area contributed by atoms with Crippen LogP contribution in [0, 0.1) is 0 Å². The van der Waals surface area contributed by atoms with E-state index in [1.165, 1.54) is 48.4 Å². The lowest BCUT2D eigenvalue weighted by Crippen LogP contribution is -2.01. The fraction of sp³-hybridized carbons (Fsp3) is 0.500. The summed E-state index contributed by atoms with van der Waals surface area (Å²) >= 11 is 5.88. The van der Waals surface area contributed by atoms with Crippen LogP contribution < -0.4 is 0 Å². The van der Waals surface area contributed by atoms with Gasteiger partial charge in [0.2, 0.25) is 0 Å². The molecule has 0 heterocycles. The van der Waals surface area contributed by atoms with Crippen molar-refractivity contribution >= 4 is 33.2 Å². The lowest BCUT2D eigenvalue weighted by Gasteiger charge is -2.06. The van der Waals surface area contributed by atoms with Crippen molar-refractivity contribution in [2.24, 2.45) is 0 Å². The first-order chi connectivity index (χ1) is 11.2. The molecule has 0 aliphatic rings. The summed E-state index contributed by atoms with van der Waals surface area (Å²) in [6.07, 6.45) is 7.50. The first kappa shape index (κ1) is 18.5. The minimum Gasteiger partial charge on any atom is -0.259 e. The van der Waals surface area contributed by atoms with Crippen molar-refractivity contribution in [2.75, 3.05) is 5.75 Å². The Morgan fingerprint density at radius 1 is 0.870 bits per heavy atom. The monoisotopic (exact) mass is 350 g/mol. The highest BCUT2D eigenvalue weighted by Crippen LogP contribution is 2.20. The maximum absolute atomic E-state index is 12.2. The summed E-state index contributed by atoms with van der Waals surface area (Å²) < 4.78 is 12.2. The van der Waals surface area contributed by atoms with Crippen molar-refractivity contribution in [2.45, 2.75) is 57.1 Å². The second kappa shape index (κ2) is 10.1. The first-order valence-electron chi connectivity index (χ1n) is 8.65. The Morgan fingerprint density at radius 3 is 2.17 bits per heavy atom. The molecule has 2 aromatic rings. The van der Waals surface area contributed by atoms with Gasteiger partial charge in [0.1, 0.15) is 0 Å². The number of fused-ring (bicyclic) bond motifs is 1. The third-order valence-electron chi connectivity index (χ3n) is 4.18. The predicted octanol–water partition coefficient (Wildman–Crippen LogP) is 6.19. The number of halogens is 1. The molecule has 0 radical (unpaired) electrons. The van der Waals surface area contributed by atoms with Crippen LogP contribution in [-0.2, 0) is 22.4 Å². The molecule has 1 nitrogen and oxygen atoms in total. The molecule has 1 unspecified atom stereocenters. The first-order valence-corrected chi connectivity index (χ1v) is 10.7. The zero-order valence-corrected chi connectivity index (χ0v) is 15.6. The molecule has 2 aromatic carbocycles. The van der Waals surface area contributed by atoms with Gasteiger partial charge in [0.15, 0.2) is 0 Å². The van der Waals surface area contributed by atoms with Crippen LogP contribution in [0.2, 0.25) is 0 Å². The smallest absolute Gasteiger partial charge is 0.0485 e. The molecule has 126 valence electrons. The molecule has 0 aliphatic heterocycles. The third-order valence-corrected chi connectivity index (χ3v) is 5.88. The van der Waals surface area contributed by atoms with Crippen molar-refractivity contribution in [1.29, 1.82) is 0 Å². The van der Waals surface area contributed by atoms with E-state index in [-0.39, 0.29) is 0 Å². The molecule has 2 rings (SSSR count). The average molecular weight is 351 g/mol. The lowest BCUT2D eigenvalue weighted by atomic mass is 10.1. The lowest BCUT2D eigenvalue weighted by molar-refractivity contribution is 0.622. The van der Waals surface area contributed by atoms with Gasteiger partial charge < -0.3 is 0 Å². The summed E-state index contributed by atoms with van der Waals surface area (Å²) in [5.74, 6) is 2.04. The molecule has 0 bridgehead atoms. The van der Waals surface area contributed by atoms with Gasteiger partial charge in [0.05, 0.1) is 0 Å². The predicted molar refractivity (Wildman–Crippen MR) is 104 cm³/mol. The van der Waals surface area contributed by atoms with Crippen molar-refractivity contribution in [3.63, 3.8) is 0 Å². The van der Waals surface area contributed by atoms with Gasteiger partial charge in [-0.3, -0.25) is 4.21 Å². The maximum Gasteiger partial charge on any atom is 0.0485 e. The summed E-state index contributed by atoms with van der Waals surface area (Å²) in [5.41, 5.74) is 2.30. The second-order valence-electron chi connectivity index (χ2n) is 6.21. The molecular weight excluding hydrogens is 324 g/mol. The van der Waals surface area contributed by atoms with E-state index in [1.807, 2.05) is 0 Å². The molecule has 0 N–H and O–H groups in total. The molecule has 0 spiro atoms. The number of unbranched alkanes of at least 4 members (excludes halogenated alkanes) is 5. The van der Waals surface area contributed by atoms with E-state index in [9.17, 15) is 4.21 Å².